The van der Waals surface area contributed by atoms with E-state index in [4.69, 9.17) is 5.11 Å². The van der Waals surface area contributed by atoms with Crippen LogP contribution in [0.5, 0.6) is 0 Å². The smallest absolute Gasteiger partial charge is 0.306 e. The van der Waals surface area contributed by atoms with Crippen molar-refractivity contribution in [2.24, 2.45) is 11.8 Å². The number of hydrogen-bond acceptors (Lipinski definition) is 3. The molecule has 1 fully saturated rings. The van der Waals surface area contributed by atoms with Crippen LogP contribution in [0, 0.1) is 11.8 Å². The minimum Gasteiger partial charge on any atom is -0.481 e. The lowest BCUT2D eigenvalue weighted by Gasteiger charge is -2.26. The molecule has 0 aromatic carbocycles. The molecule has 1 amide bonds. The minimum absolute atomic E-state index is 0.0692. The van der Waals surface area contributed by atoms with Crippen LogP contribution in [0.4, 0.5) is 0 Å². The van der Waals surface area contributed by atoms with E-state index in [0.717, 1.165) is 25.7 Å². The highest BCUT2D eigenvalue weighted by Gasteiger charge is 2.25. The largest absolute Gasteiger partial charge is 0.481 e. The van der Waals surface area contributed by atoms with Gasteiger partial charge < -0.3 is 15.7 Å². The first-order chi connectivity index (χ1) is 8.13. The van der Waals surface area contributed by atoms with Gasteiger partial charge in [-0.2, -0.15) is 0 Å². The van der Waals surface area contributed by atoms with Crippen molar-refractivity contribution >= 4 is 11.9 Å². The van der Waals surface area contributed by atoms with Gasteiger partial charge in [-0.3, -0.25) is 9.59 Å². The number of carboxylic acids is 1. The van der Waals surface area contributed by atoms with Gasteiger partial charge in [0.1, 0.15) is 0 Å². The van der Waals surface area contributed by atoms with Crippen molar-refractivity contribution in [1.29, 1.82) is 0 Å². The first-order valence-electron chi connectivity index (χ1n) is 6.27. The van der Waals surface area contributed by atoms with Crippen molar-refractivity contribution in [3.05, 3.63) is 0 Å². The Morgan fingerprint density at radius 2 is 1.88 bits per heavy atom. The molecule has 0 atom stereocenters. The summed E-state index contributed by atoms with van der Waals surface area (Å²) in [7, 11) is 1.82. The number of nitrogens with one attached hydrogen (secondary N) is 2. The predicted molar refractivity (Wildman–Crippen MR) is 64.6 cm³/mol. The molecular weight excluding hydrogens is 220 g/mol. The Morgan fingerprint density at radius 3 is 2.41 bits per heavy atom. The van der Waals surface area contributed by atoms with E-state index in [1.165, 1.54) is 0 Å². The second-order valence-electron chi connectivity index (χ2n) is 4.71. The van der Waals surface area contributed by atoms with E-state index in [1.54, 1.807) is 0 Å². The summed E-state index contributed by atoms with van der Waals surface area (Å²) < 4.78 is 0. The van der Waals surface area contributed by atoms with Crippen LogP contribution in [0.3, 0.4) is 0 Å². The normalized spacial score (nSPS) is 24.3. The van der Waals surface area contributed by atoms with Crippen LogP contribution in [-0.4, -0.2) is 37.1 Å². The lowest BCUT2D eigenvalue weighted by atomic mass is 9.82. The van der Waals surface area contributed by atoms with Crippen LogP contribution in [-0.2, 0) is 9.59 Å². The molecule has 0 bridgehead atoms. The third-order valence-corrected chi connectivity index (χ3v) is 3.39. The molecule has 1 saturated carbocycles. The molecule has 0 radical (unpaired) electrons. The van der Waals surface area contributed by atoms with Crippen molar-refractivity contribution in [2.75, 3.05) is 20.1 Å². The Balaban J connectivity index is 2.14. The summed E-state index contributed by atoms with van der Waals surface area (Å²) in [5.74, 6) is -0.336. The van der Waals surface area contributed by atoms with Crippen LogP contribution >= 0.6 is 0 Å². The first kappa shape index (κ1) is 14.0. The number of carboxylic acid groups (broad SMARTS) is 1. The molecular formula is C12H22N2O3. The number of aliphatic carboxylic acids is 1. The third kappa shape index (κ3) is 5.17. The maximum absolute atomic E-state index is 11.4. The van der Waals surface area contributed by atoms with Gasteiger partial charge in [0.25, 0.3) is 0 Å². The Bertz CT molecular complexity index is 260. The maximum atomic E-state index is 11.4. The van der Waals surface area contributed by atoms with Crippen molar-refractivity contribution < 1.29 is 14.7 Å². The number of hydrogen-bond donors (Lipinski definition) is 3. The molecule has 17 heavy (non-hydrogen) atoms. The zero-order valence-corrected chi connectivity index (χ0v) is 10.4. The van der Waals surface area contributed by atoms with Crippen molar-refractivity contribution in [2.45, 2.75) is 32.1 Å². The predicted octanol–water partition coefficient (Wildman–Crippen LogP) is 0.603. The molecule has 0 unspecified atom stereocenters. The van der Waals surface area contributed by atoms with Crippen LogP contribution in [0.25, 0.3) is 0 Å². The Kier molecular flexibility index (Phi) is 5.97. The van der Waals surface area contributed by atoms with Gasteiger partial charge in [0.05, 0.1) is 5.92 Å². The van der Waals surface area contributed by atoms with Gasteiger partial charge in [-0.25, -0.2) is 0 Å². The molecule has 0 aromatic heterocycles. The van der Waals surface area contributed by atoms with Gasteiger partial charge in [0.15, 0.2) is 0 Å². The fourth-order valence-electron chi connectivity index (χ4n) is 2.20. The SMILES string of the molecule is CNCCC(=O)NCC1CCC(C(=O)O)CC1. The summed E-state index contributed by atoms with van der Waals surface area (Å²) in [5.41, 5.74) is 0. The summed E-state index contributed by atoms with van der Waals surface area (Å²) in [6.45, 7) is 1.38. The van der Waals surface area contributed by atoms with Gasteiger partial charge in [0.2, 0.25) is 5.91 Å². The van der Waals surface area contributed by atoms with Crippen LogP contribution < -0.4 is 10.6 Å². The number of rotatable bonds is 6. The molecule has 1 rings (SSSR count). The van der Waals surface area contributed by atoms with E-state index < -0.39 is 5.97 Å². The zero-order chi connectivity index (χ0) is 12.7. The van der Waals surface area contributed by atoms with Crippen LogP contribution in [0.1, 0.15) is 32.1 Å². The topological polar surface area (TPSA) is 78.4 Å². The Hall–Kier alpha value is -1.10. The molecule has 0 aromatic rings. The molecule has 3 N–H and O–H groups in total. The van der Waals surface area contributed by atoms with Gasteiger partial charge in [-0.1, -0.05) is 0 Å². The minimum atomic E-state index is -0.679. The van der Waals surface area contributed by atoms with E-state index in [2.05, 4.69) is 10.6 Å². The molecule has 1 aliphatic carbocycles. The van der Waals surface area contributed by atoms with Crippen LogP contribution in [0.2, 0.25) is 0 Å². The van der Waals surface area contributed by atoms with E-state index in [-0.39, 0.29) is 11.8 Å². The van der Waals surface area contributed by atoms with Gasteiger partial charge in [-0.05, 0) is 38.6 Å². The van der Waals surface area contributed by atoms with Crippen LogP contribution in [0.15, 0.2) is 0 Å². The van der Waals surface area contributed by atoms with E-state index in [9.17, 15) is 9.59 Å². The molecule has 0 aliphatic heterocycles. The molecule has 5 heteroatoms. The summed E-state index contributed by atoms with van der Waals surface area (Å²) in [4.78, 5) is 22.1. The Labute approximate surface area is 102 Å². The summed E-state index contributed by atoms with van der Waals surface area (Å²) in [6, 6.07) is 0. The maximum Gasteiger partial charge on any atom is 0.306 e. The zero-order valence-electron chi connectivity index (χ0n) is 10.4. The number of amides is 1. The van der Waals surface area contributed by atoms with E-state index >= 15 is 0 Å². The van der Waals surface area contributed by atoms with Gasteiger partial charge >= 0.3 is 5.97 Å². The fourth-order valence-corrected chi connectivity index (χ4v) is 2.20. The highest BCUT2D eigenvalue weighted by Crippen LogP contribution is 2.28. The highest BCUT2D eigenvalue weighted by molar-refractivity contribution is 5.76. The summed E-state index contributed by atoms with van der Waals surface area (Å²) in [6.07, 6.45) is 3.80. The second kappa shape index (κ2) is 7.27. The molecule has 0 spiro atoms. The molecule has 5 nitrogen and oxygen atoms in total. The van der Waals surface area contributed by atoms with Crippen molar-refractivity contribution in [3.63, 3.8) is 0 Å². The number of carbonyl (C=O) groups is 2. The standard InChI is InChI=1S/C12H22N2O3/c1-13-7-6-11(15)14-8-9-2-4-10(5-3-9)12(16)17/h9-10,13H,2-8H2,1H3,(H,14,15)(H,16,17). The second-order valence-corrected chi connectivity index (χ2v) is 4.71. The summed E-state index contributed by atoms with van der Waals surface area (Å²) >= 11 is 0. The van der Waals surface area contributed by atoms with Gasteiger partial charge in [-0.15, -0.1) is 0 Å². The average molecular weight is 242 g/mol. The van der Waals surface area contributed by atoms with Crippen molar-refractivity contribution in [3.8, 4) is 0 Å². The summed E-state index contributed by atoms with van der Waals surface area (Å²) in [5, 5.41) is 14.7. The molecule has 0 saturated heterocycles. The lowest BCUT2D eigenvalue weighted by Crippen LogP contribution is -2.33. The van der Waals surface area contributed by atoms with E-state index in [0.29, 0.717) is 25.4 Å². The third-order valence-electron chi connectivity index (χ3n) is 3.39. The van der Waals surface area contributed by atoms with Crippen molar-refractivity contribution in [1.82, 2.24) is 10.6 Å². The monoisotopic (exact) mass is 242 g/mol. The lowest BCUT2D eigenvalue weighted by molar-refractivity contribution is -0.143. The van der Waals surface area contributed by atoms with E-state index in [1.807, 2.05) is 7.05 Å². The quantitative estimate of drug-likeness (QED) is 0.637. The fraction of sp³-hybridized carbons (Fsp3) is 0.833. The highest BCUT2D eigenvalue weighted by atomic mass is 16.4. The average Bonchev–Trinajstić information content (AvgIpc) is 2.34. The molecule has 1 aliphatic rings. The first-order valence-corrected chi connectivity index (χ1v) is 6.27. The molecule has 0 heterocycles. The Morgan fingerprint density at radius 1 is 1.24 bits per heavy atom. The number of carbonyl (C=O) groups excluding carboxylic acids is 1. The van der Waals surface area contributed by atoms with Gasteiger partial charge in [0, 0.05) is 19.5 Å². The molecule has 98 valence electrons.